The van der Waals surface area contributed by atoms with Gasteiger partial charge in [-0.25, -0.2) is 0 Å². The summed E-state index contributed by atoms with van der Waals surface area (Å²) in [5, 5.41) is 0. The van der Waals surface area contributed by atoms with Gasteiger partial charge in [0.25, 0.3) is 0 Å². The largest absolute Gasteiger partial charge is 0.459 e. The van der Waals surface area contributed by atoms with Gasteiger partial charge in [0.1, 0.15) is 18.3 Å². The Morgan fingerprint density at radius 1 is 1.59 bits per heavy atom. The van der Waals surface area contributed by atoms with Crippen molar-refractivity contribution in [1.29, 1.82) is 0 Å². The second kappa shape index (κ2) is 4.27. The molecule has 0 N–H and O–H groups in total. The molecule has 0 aromatic carbocycles. The van der Waals surface area contributed by atoms with Gasteiger partial charge in [-0.05, 0) is 25.5 Å². The van der Waals surface area contributed by atoms with E-state index >= 15 is 0 Å². The molecular weight excluding hydrogens is 220 g/mol. The van der Waals surface area contributed by atoms with Crippen LogP contribution in [-0.4, -0.2) is 30.1 Å². The molecule has 3 atom stereocenters. The topological polar surface area (TPSA) is 44.8 Å². The van der Waals surface area contributed by atoms with E-state index in [0.717, 1.165) is 5.57 Å². The molecule has 1 heterocycles. The van der Waals surface area contributed by atoms with Crippen LogP contribution < -0.4 is 0 Å². The van der Waals surface area contributed by atoms with Crippen LogP contribution in [0, 0.1) is 0 Å². The van der Waals surface area contributed by atoms with E-state index in [2.05, 4.69) is 6.58 Å². The van der Waals surface area contributed by atoms with E-state index in [1.165, 1.54) is 6.92 Å². The SMILES string of the molecule is C=CC1=C[C@H]2OC(C)(C)O[C@H]2[C@@H](OC(C)=O)C1. The van der Waals surface area contributed by atoms with Crippen LogP contribution in [0.25, 0.3) is 0 Å². The summed E-state index contributed by atoms with van der Waals surface area (Å²) < 4.78 is 16.8. The van der Waals surface area contributed by atoms with Crippen LogP contribution in [0.15, 0.2) is 24.3 Å². The minimum atomic E-state index is -0.638. The van der Waals surface area contributed by atoms with Gasteiger partial charge in [-0.15, -0.1) is 0 Å². The third kappa shape index (κ3) is 2.58. The van der Waals surface area contributed by atoms with Crippen molar-refractivity contribution in [2.24, 2.45) is 0 Å². The maximum atomic E-state index is 11.1. The van der Waals surface area contributed by atoms with E-state index in [0.29, 0.717) is 6.42 Å². The van der Waals surface area contributed by atoms with Crippen LogP contribution >= 0.6 is 0 Å². The highest BCUT2D eigenvalue weighted by Gasteiger charge is 2.47. The van der Waals surface area contributed by atoms with Crippen LogP contribution in [0.1, 0.15) is 27.2 Å². The highest BCUT2D eigenvalue weighted by molar-refractivity contribution is 5.66. The Bertz CT molecular complexity index is 370. The first kappa shape index (κ1) is 12.3. The predicted octanol–water partition coefficient (Wildman–Crippen LogP) is 1.95. The molecule has 0 aromatic heterocycles. The number of ether oxygens (including phenoxy) is 3. The Labute approximate surface area is 101 Å². The first-order chi connectivity index (χ1) is 7.91. The smallest absolute Gasteiger partial charge is 0.303 e. The molecule has 2 aliphatic rings. The summed E-state index contributed by atoms with van der Waals surface area (Å²) in [5.41, 5.74) is 1.03. The summed E-state index contributed by atoms with van der Waals surface area (Å²) in [6, 6.07) is 0. The first-order valence-electron chi connectivity index (χ1n) is 5.77. The van der Waals surface area contributed by atoms with Crippen molar-refractivity contribution in [1.82, 2.24) is 0 Å². The summed E-state index contributed by atoms with van der Waals surface area (Å²) in [4.78, 5) is 11.1. The molecule has 0 amide bonds. The number of esters is 1. The number of allylic oxidation sites excluding steroid dienone is 1. The van der Waals surface area contributed by atoms with Gasteiger partial charge < -0.3 is 14.2 Å². The highest BCUT2D eigenvalue weighted by atomic mass is 16.8. The standard InChI is InChI=1S/C13H18O4/c1-5-9-6-10(15-8(2)14)12-11(7-9)16-13(3,4)17-12/h5,7,10-12H,1,6H2,2-4H3/t10-,11+,12-/m0/s1. The maximum absolute atomic E-state index is 11.1. The Hall–Kier alpha value is -1.13. The molecule has 4 heteroatoms. The number of rotatable bonds is 2. The van der Waals surface area contributed by atoms with Crippen LogP contribution in [0.2, 0.25) is 0 Å². The summed E-state index contributed by atoms with van der Waals surface area (Å²) >= 11 is 0. The minimum Gasteiger partial charge on any atom is -0.459 e. The fourth-order valence-electron chi connectivity index (χ4n) is 2.33. The van der Waals surface area contributed by atoms with Crippen molar-refractivity contribution >= 4 is 5.97 Å². The fourth-order valence-corrected chi connectivity index (χ4v) is 2.33. The third-order valence-corrected chi connectivity index (χ3v) is 2.92. The van der Waals surface area contributed by atoms with Gasteiger partial charge in [-0.1, -0.05) is 12.7 Å². The van der Waals surface area contributed by atoms with E-state index in [-0.39, 0.29) is 24.3 Å². The Morgan fingerprint density at radius 2 is 2.29 bits per heavy atom. The summed E-state index contributed by atoms with van der Waals surface area (Å²) in [6.07, 6.45) is 3.70. The lowest BCUT2D eigenvalue weighted by atomic mass is 9.92. The molecule has 1 aliphatic carbocycles. The molecule has 4 nitrogen and oxygen atoms in total. The van der Waals surface area contributed by atoms with Crippen molar-refractivity contribution in [2.75, 3.05) is 0 Å². The number of carbonyl (C=O) groups is 1. The summed E-state index contributed by atoms with van der Waals surface area (Å²) in [6.45, 7) is 8.87. The van der Waals surface area contributed by atoms with E-state index in [9.17, 15) is 4.79 Å². The molecule has 0 aromatic rings. The highest BCUT2D eigenvalue weighted by Crippen LogP contribution is 2.37. The molecular formula is C13H18O4. The van der Waals surface area contributed by atoms with Crippen LogP contribution in [0.3, 0.4) is 0 Å². The van der Waals surface area contributed by atoms with Crippen LogP contribution in [-0.2, 0) is 19.0 Å². The van der Waals surface area contributed by atoms with Crippen molar-refractivity contribution in [2.45, 2.75) is 51.3 Å². The Morgan fingerprint density at radius 3 is 2.88 bits per heavy atom. The number of hydrogen-bond acceptors (Lipinski definition) is 4. The lowest BCUT2D eigenvalue weighted by Crippen LogP contribution is -2.40. The van der Waals surface area contributed by atoms with Gasteiger partial charge in [0.05, 0.1) is 0 Å². The lowest BCUT2D eigenvalue weighted by molar-refractivity contribution is -0.168. The van der Waals surface area contributed by atoms with Gasteiger partial charge in [0, 0.05) is 13.3 Å². The van der Waals surface area contributed by atoms with Gasteiger partial charge in [0.15, 0.2) is 5.79 Å². The molecule has 94 valence electrons. The van der Waals surface area contributed by atoms with Crippen molar-refractivity contribution in [3.63, 3.8) is 0 Å². The zero-order valence-corrected chi connectivity index (χ0v) is 10.4. The van der Waals surface area contributed by atoms with E-state index < -0.39 is 5.79 Å². The Kier molecular flexibility index (Phi) is 3.10. The zero-order valence-electron chi connectivity index (χ0n) is 10.4. The molecule has 0 radical (unpaired) electrons. The molecule has 0 bridgehead atoms. The van der Waals surface area contributed by atoms with Crippen molar-refractivity contribution < 1.29 is 19.0 Å². The predicted molar refractivity (Wildman–Crippen MR) is 62.3 cm³/mol. The quantitative estimate of drug-likeness (QED) is 0.690. The fraction of sp³-hybridized carbons (Fsp3) is 0.615. The molecule has 17 heavy (non-hydrogen) atoms. The van der Waals surface area contributed by atoms with Gasteiger partial charge >= 0.3 is 5.97 Å². The van der Waals surface area contributed by atoms with Gasteiger partial charge in [0.2, 0.25) is 0 Å². The first-order valence-corrected chi connectivity index (χ1v) is 5.77. The van der Waals surface area contributed by atoms with E-state index in [1.54, 1.807) is 6.08 Å². The number of hydrogen-bond donors (Lipinski definition) is 0. The maximum Gasteiger partial charge on any atom is 0.303 e. The van der Waals surface area contributed by atoms with E-state index in [1.807, 2.05) is 19.9 Å². The second-order valence-electron chi connectivity index (χ2n) is 4.86. The third-order valence-electron chi connectivity index (χ3n) is 2.92. The summed E-state index contributed by atoms with van der Waals surface area (Å²) in [5.74, 6) is -0.937. The minimum absolute atomic E-state index is 0.170. The zero-order chi connectivity index (χ0) is 12.6. The molecule has 1 aliphatic heterocycles. The number of carbonyl (C=O) groups excluding carboxylic acids is 1. The van der Waals surface area contributed by atoms with Crippen molar-refractivity contribution in [3.8, 4) is 0 Å². The molecule has 1 fully saturated rings. The average Bonchev–Trinajstić information content (AvgIpc) is 2.51. The molecule has 1 saturated heterocycles. The van der Waals surface area contributed by atoms with Gasteiger partial charge in [-0.3, -0.25) is 4.79 Å². The second-order valence-corrected chi connectivity index (χ2v) is 4.86. The van der Waals surface area contributed by atoms with Crippen LogP contribution in [0.5, 0.6) is 0 Å². The van der Waals surface area contributed by atoms with E-state index in [4.69, 9.17) is 14.2 Å². The molecule has 0 spiro atoms. The molecule has 0 unspecified atom stereocenters. The average molecular weight is 238 g/mol. The molecule has 2 rings (SSSR count). The van der Waals surface area contributed by atoms with Gasteiger partial charge in [-0.2, -0.15) is 0 Å². The van der Waals surface area contributed by atoms with Crippen molar-refractivity contribution in [3.05, 3.63) is 24.3 Å². The lowest BCUT2D eigenvalue weighted by Gasteiger charge is -2.29. The van der Waals surface area contributed by atoms with Crippen LogP contribution in [0.4, 0.5) is 0 Å². The number of fused-ring (bicyclic) bond motifs is 1. The monoisotopic (exact) mass is 238 g/mol. The Balaban J connectivity index is 2.21. The molecule has 0 saturated carbocycles. The summed E-state index contributed by atoms with van der Waals surface area (Å²) in [7, 11) is 0. The normalized spacial score (nSPS) is 34.8.